The Kier molecular flexibility index (Phi) is 21.6. The lowest BCUT2D eigenvalue weighted by Crippen LogP contribution is -2.43. The van der Waals surface area contributed by atoms with Gasteiger partial charge in [-0.2, -0.15) is 10.5 Å². The first-order chi connectivity index (χ1) is 15.9. The van der Waals surface area contributed by atoms with E-state index in [1.54, 1.807) is 47.7 Å². The molecule has 0 rings (SSSR count). The van der Waals surface area contributed by atoms with Crippen LogP contribution in [0.25, 0.3) is 0 Å². The van der Waals surface area contributed by atoms with Crippen LogP contribution >= 0.6 is 0 Å². The van der Waals surface area contributed by atoms with Gasteiger partial charge in [0.15, 0.2) is 11.5 Å². The molecule has 0 amide bonds. The maximum Gasteiger partial charge on any atom is 0.195 e. The molecule has 0 aromatic rings. The second-order valence-electron chi connectivity index (χ2n) is 6.25. The van der Waals surface area contributed by atoms with Gasteiger partial charge in [-0.25, -0.2) is 0 Å². The summed E-state index contributed by atoms with van der Waals surface area (Å²) in [5.74, 6) is 0.358. The van der Waals surface area contributed by atoms with Crippen LogP contribution < -0.4 is 0 Å². The summed E-state index contributed by atoms with van der Waals surface area (Å²) in [6, 6.07) is 3.82. The van der Waals surface area contributed by atoms with Gasteiger partial charge in [0.25, 0.3) is 0 Å². The van der Waals surface area contributed by atoms with Crippen molar-refractivity contribution < 1.29 is 42.6 Å². The third-order valence-electron chi connectivity index (χ3n) is 4.43. The van der Waals surface area contributed by atoms with Gasteiger partial charge in [0.1, 0.15) is 42.7 Å². The Hall–Kier alpha value is -2.22. The van der Waals surface area contributed by atoms with Crippen LogP contribution in [0.2, 0.25) is 0 Å². The highest BCUT2D eigenvalue weighted by molar-refractivity contribution is 5.16. The third-order valence-corrected chi connectivity index (χ3v) is 4.43. The smallest absolute Gasteiger partial charge is 0.195 e. The predicted molar refractivity (Wildman–Crippen MR) is 119 cm³/mol. The van der Waals surface area contributed by atoms with Gasteiger partial charge < -0.3 is 42.6 Å². The van der Waals surface area contributed by atoms with Crippen molar-refractivity contribution in [1.82, 2.24) is 0 Å². The molecule has 0 spiro atoms. The largest absolute Gasteiger partial charge is 0.487 e. The summed E-state index contributed by atoms with van der Waals surface area (Å²) in [4.78, 5) is 0. The predicted octanol–water partition coefficient (Wildman–Crippen LogP) is 1.45. The van der Waals surface area contributed by atoms with Gasteiger partial charge in [-0.05, 0) is 0 Å². The number of hydrogen-bond acceptors (Lipinski definition) is 11. The van der Waals surface area contributed by atoms with Crippen LogP contribution in [0, 0.1) is 22.7 Å². The molecule has 0 heterocycles. The van der Waals surface area contributed by atoms with E-state index in [4.69, 9.17) is 53.2 Å². The van der Waals surface area contributed by atoms with Gasteiger partial charge in [-0.15, -0.1) is 0 Å². The zero-order chi connectivity index (χ0) is 25.6. The standard InChI is InChI=1S/C12H21NO5.C10H17NO4/c1-14-8-11(17-4)12(18-5)10(16-3)6-9(7-13)15-2;1-12-7-10(15-4)9(14-3)5-8(6-11)13-2/h6,10-12H,8H2,1-5H3;5,9-10H,7H2,1-4H3/b9-6-;8-5-. The summed E-state index contributed by atoms with van der Waals surface area (Å²) in [5.41, 5.74) is 0. The number of ether oxygens (including phenoxy) is 9. The van der Waals surface area contributed by atoms with Gasteiger partial charge in [-0.1, -0.05) is 0 Å². The van der Waals surface area contributed by atoms with Crippen LogP contribution in [0.3, 0.4) is 0 Å². The van der Waals surface area contributed by atoms with Crippen molar-refractivity contribution in [2.24, 2.45) is 0 Å². The molecule has 11 heteroatoms. The van der Waals surface area contributed by atoms with Crippen molar-refractivity contribution in [3.63, 3.8) is 0 Å². The van der Waals surface area contributed by atoms with E-state index in [0.717, 1.165) is 0 Å². The third kappa shape index (κ3) is 13.2. The summed E-state index contributed by atoms with van der Waals surface area (Å²) in [7, 11) is 13.7. The molecule has 0 aliphatic heterocycles. The molecule has 0 fully saturated rings. The molecular weight excluding hydrogens is 436 g/mol. The highest BCUT2D eigenvalue weighted by Crippen LogP contribution is 2.14. The Morgan fingerprint density at radius 1 is 0.606 bits per heavy atom. The minimum atomic E-state index is -0.468. The minimum Gasteiger partial charge on any atom is -0.487 e. The molecule has 5 atom stereocenters. The van der Waals surface area contributed by atoms with E-state index in [0.29, 0.717) is 13.2 Å². The second kappa shape index (κ2) is 21.6. The van der Waals surface area contributed by atoms with Crippen molar-refractivity contribution in [2.45, 2.75) is 30.5 Å². The zero-order valence-corrected chi connectivity index (χ0v) is 21.0. The molecular formula is C22H38N2O9. The van der Waals surface area contributed by atoms with Crippen LogP contribution in [-0.2, 0) is 42.6 Å². The van der Waals surface area contributed by atoms with Gasteiger partial charge in [0.05, 0.1) is 27.4 Å². The normalized spacial score (nSPS) is 16.2. The van der Waals surface area contributed by atoms with E-state index < -0.39 is 12.2 Å². The average molecular weight is 475 g/mol. The first-order valence-corrected chi connectivity index (χ1v) is 9.85. The number of hydrogen-bond donors (Lipinski definition) is 0. The highest BCUT2D eigenvalue weighted by atomic mass is 16.6. The first-order valence-electron chi connectivity index (χ1n) is 9.85. The van der Waals surface area contributed by atoms with Gasteiger partial charge in [-0.3, -0.25) is 0 Å². The van der Waals surface area contributed by atoms with E-state index in [2.05, 4.69) is 0 Å². The van der Waals surface area contributed by atoms with E-state index >= 15 is 0 Å². The zero-order valence-electron chi connectivity index (χ0n) is 21.0. The molecule has 0 saturated heterocycles. The number of methoxy groups -OCH3 is 9. The summed E-state index contributed by atoms with van der Waals surface area (Å²) in [6.45, 7) is 0.742. The molecule has 0 aliphatic rings. The molecule has 0 radical (unpaired) electrons. The van der Waals surface area contributed by atoms with Crippen molar-refractivity contribution in [3.8, 4) is 12.1 Å². The molecule has 0 aromatic carbocycles. The van der Waals surface area contributed by atoms with Crippen molar-refractivity contribution >= 4 is 0 Å². The SMILES string of the molecule is COCC(OC)C(/C=C(/C#N)OC)OC.COCC(OC)C(OC)C(/C=C(/C#N)OC)OC. The lowest BCUT2D eigenvalue weighted by atomic mass is 10.1. The Balaban J connectivity index is 0. The quantitative estimate of drug-likeness (QED) is 0.238. The van der Waals surface area contributed by atoms with Gasteiger partial charge >= 0.3 is 0 Å². The van der Waals surface area contributed by atoms with E-state index in [1.165, 1.54) is 28.4 Å². The van der Waals surface area contributed by atoms with Crippen LogP contribution in [0.15, 0.2) is 23.7 Å². The van der Waals surface area contributed by atoms with Crippen LogP contribution in [0.1, 0.15) is 0 Å². The number of nitrogens with zero attached hydrogens (tertiary/aromatic N) is 2. The number of rotatable bonds is 16. The number of allylic oxidation sites excluding steroid dienone is 2. The summed E-state index contributed by atoms with van der Waals surface area (Å²) < 4.78 is 46.0. The van der Waals surface area contributed by atoms with Crippen LogP contribution in [0.4, 0.5) is 0 Å². The van der Waals surface area contributed by atoms with E-state index in [9.17, 15) is 0 Å². The molecule has 0 N–H and O–H groups in total. The average Bonchev–Trinajstić information content (AvgIpc) is 2.85. The maximum atomic E-state index is 8.83. The lowest BCUT2D eigenvalue weighted by molar-refractivity contribution is -0.111. The van der Waals surface area contributed by atoms with Crippen LogP contribution in [0.5, 0.6) is 0 Å². The Morgan fingerprint density at radius 2 is 1.03 bits per heavy atom. The second-order valence-corrected chi connectivity index (χ2v) is 6.25. The fourth-order valence-corrected chi connectivity index (χ4v) is 2.64. The van der Waals surface area contributed by atoms with Crippen LogP contribution in [-0.4, -0.2) is 108 Å². The fourth-order valence-electron chi connectivity index (χ4n) is 2.64. The summed E-state index contributed by atoms with van der Waals surface area (Å²) >= 11 is 0. The Labute approximate surface area is 197 Å². The molecule has 0 aromatic heterocycles. The van der Waals surface area contributed by atoms with Crippen molar-refractivity contribution in [1.29, 1.82) is 10.5 Å². The minimum absolute atomic E-state index is 0.163. The molecule has 0 saturated carbocycles. The van der Waals surface area contributed by atoms with Gasteiger partial charge in [0.2, 0.25) is 0 Å². The summed E-state index contributed by atoms with van der Waals surface area (Å²) in [5, 5.41) is 17.5. The monoisotopic (exact) mass is 474 g/mol. The first kappa shape index (κ1) is 33.0. The van der Waals surface area contributed by atoms with Crippen molar-refractivity contribution in [2.75, 3.05) is 77.2 Å². The lowest BCUT2D eigenvalue weighted by Gasteiger charge is -2.28. The highest BCUT2D eigenvalue weighted by Gasteiger charge is 2.29. The van der Waals surface area contributed by atoms with E-state index in [-0.39, 0.29) is 29.8 Å². The molecule has 0 bridgehead atoms. The Bertz CT molecular complexity index is 628. The molecule has 33 heavy (non-hydrogen) atoms. The number of nitriles is 2. The maximum absolute atomic E-state index is 8.83. The molecule has 190 valence electrons. The molecule has 0 aliphatic carbocycles. The van der Waals surface area contributed by atoms with Crippen molar-refractivity contribution in [3.05, 3.63) is 23.7 Å². The van der Waals surface area contributed by atoms with Gasteiger partial charge in [0, 0.05) is 61.9 Å². The summed E-state index contributed by atoms with van der Waals surface area (Å²) in [6.07, 6.45) is 1.30. The Morgan fingerprint density at radius 3 is 1.33 bits per heavy atom. The topological polar surface area (TPSA) is 131 Å². The molecule has 5 unspecified atom stereocenters. The molecule has 11 nitrogen and oxygen atoms in total. The fraction of sp³-hybridized carbons (Fsp3) is 0.727. The van der Waals surface area contributed by atoms with E-state index in [1.807, 2.05) is 12.1 Å².